The monoisotopic (exact) mass is 524 g/mol. The van der Waals surface area contributed by atoms with Gasteiger partial charge in [-0.3, -0.25) is 19.3 Å². The third kappa shape index (κ3) is 7.32. The Kier molecular flexibility index (Phi) is 9.57. The lowest BCUT2D eigenvalue weighted by atomic mass is 9.87. The Hall–Kier alpha value is -2.40. The Labute approximate surface area is 217 Å². The van der Waals surface area contributed by atoms with Gasteiger partial charge in [-0.25, -0.2) is 0 Å². The predicted octanol–water partition coefficient (Wildman–Crippen LogP) is 2.30. The molecular weight excluding hydrogens is 488 g/mol. The Morgan fingerprint density at radius 1 is 1.33 bits per heavy atom. The number of benzene rings is 1. The number of amides is 2. The van der Waals surface area contributed by atoms with Crippen LogP contribution in [0.4, 0.5) is 5.69 Å². The number of anilines is 1. The normalized spacial score (nSPS) is 23.4. The van der Waals surface area contributed by atoms with Gasteiger partial charge in [0.05, 0.1) is 42.6 Å². The molecule has 2 aliphatic heterocycles. The molecule has 0 spiro atoms. The Bertz CT molecular complexity index is 953. The summed E-state index contributed by atoms with van der Waals surface area (Å²) in [5.41, 5.74) is 6.29. The molecule has 0 aromatic heterocycles. The highest BCUT2D eigenvalue weighted by molar-refractivity contribution is 6.33. The maximum Gasteiger partial charge on any atom is 0.310 e. The number of nitrogens with one attached hydrogen (secondary N) is 2. The molecule has 11 heteroatoms. The third-order valence-corrected chi connectivity index (χ3v) is 6.77. The van der Waals surface area contributed by atoms with Crippen LogP contribution in [0.3, 0.4) is 0 Å². The highest BCUT2D eigenvalue weighted by atomic mass is 35.5. The van der Waals surface area contributed by atoms with Crippen molar-refractivity contribution in [2.45, 2.75) is 71.4 Å². The number of nitrogens with zero attached hydrogens (tertiary/aromatic N) is 1. The molecule has 200 valence electrons. The summed E-state index contributed by atoms with van der Waals surface area (Å²) in [6, 6.07) is 3.61. The average Bonchev–Trinajstić information content (AvgIpc) is 3.40. The molecule has 4 N–H and O–H groups in total. The zero-order valence-electron chi connectivity index (χ0n) is 21.3. The van der Waals surface area contributed by atoms with Gasteiger partial charge < -0.3 is 30.6 Å². The van der Waals surface area contributed by atoms with Gasteiger partial charge >= 0.3 is 5.97 Å². The van der Waals surface area contributed by atoms with Crippen molar-refractivity contribution in [3.05, 3.63) is 28.8 Å². The van der Waals surface area contributed by atoms with Crippen LogP contribution in [0.2, 0.25) is 5.02 Å². The summed E-state index contributed by atoms with van der Waals surface area (Å²) in [7, 11) is 0. The number of likely N-dealkylation sites (tertiary alicyclic amines) is 1. The number of nitrogens with two attached hydrogens (primary N) is 1. The number of rotatable bonds is 10. The number of ether oxygens (including phenoxy) is 3. The fourth-order valence-electron chi connectivity index (χ4n) is 4.23. The van der Waals surface area contributed by atoms with Crippen molar-refractivity contribution in [2.24, 2.45) is 5.41 Å². The van der Waals surface area contributed by atoms with E-state index < -0.39 is 12.3 Å². The molecule has 0 bridgehead atoms. The standard InChI is InChI=1S/C25H37ClN4O6/c1-5-35-24-18(12-21(31)36-24)28-23(33)19-7-6-10-30(19)14-34-13-20(25(2,3)4)29-22(32)15-8-9-17(27)16(26)11-15/h8-9,11,18-20,24H,5-7,10,12-14,27H2,1-4H3,(H,28,33)(H,29,32). The van der Waals surface area contributed by atoms with Gasteiger partial charge in [-0.05, 0) is 43.4 Å². The number of nitrogen functional groups attached to an aromatic ring is 1. The summed E-state index contributed by atoms with van der Waals surface area (Å²) in [4.78, 5) is 39.4. The number of halogens is 1. The summed E-state index contributed by atoms with van der Waals surface area (Å²) in [6.45, 7) is 9.45. The van der Waals surface area contributed by atoms with Crippen LogP contribution >= 0.6 is 11.6 Å². The number of cyclic esters (lactones) is 1. The van der Waals surface area contributed by atoms with Gasteiger partial charge in [-0.2, -0.15) is 0 Å². The summed E-state index contributed by atoms with van der Waals surface area (Å²) >= 11 is 6.07. The number of hydrogen-bond acceptors (Lipinski definition) is 8. The van der Waals surface area contributed by atoms with E-state index in [9.17, 15) is 14.4 Å². The fraction of sp³-hybridized carbons (Fsp3) is 0.640. The van der Waals surface area contributed by atoms with Crippen LogP contribution in [0, 0.1) is 5.41 Å². The van der Waals surface area contributed by atoms with E-state index in [-0.39, 0.29) is 55.0 Å². The number of carbonyl (C=O) groups is 3. The van der Waals surface area contributed by atoms with Crippen LogP contribution in [0.1, 0.15) is 57.3 Å². The van der Waals surface area contributed by atoms with Gasteiger partial charge in [0.2, 0.25) is 12.2 Å². The van der Waals surface area contributed by atoms with Crippen LogP contribution in [-0.4, -0.2) is 73.6 Å². The molecule has 0 aliphatic carbocycles. The van der Waals surface area contributed by atoms with Crippen molar-refractivity contribution >= 4 is 35.1 Å². The van der Waals surface area contributed by atoms with Crippen molar-refractivity contribution < 1.29 is 28.6 Å². The molecule has 4 unspecified atom stereocenters. The SMILES string of the molecule is CCOC1OC(=O)CC1NC(=O)C1CCCN1COCC(NC(=O)c1ccc(N)c(Cl)c1)C(C)(C)C. The molecule has 2 fully saturated rings. The first kappa shape index (κ1) is 28.2. The number of esters is 1. The Morgan fingerprint density at radius 3 is 2.75 bits per heavy atom. The van der Waals surface area contributed by atoms with Crippen LogP contribution < -0.4 is 16.4 Å². The summed E-state index contributed by atoms with van der Waals surface area (Å²) < 4.78 is 16.6. The van der Waals surface area contributed by atoms with Crippen molar-refractivity contribution in [2.75, 3.05) is 32.2 Å². The number of hydrogen-bond donors (Lipinski definition) is 3. The minimum atomic E-state index is -0.760. The molecule has 2 heterocycles. The Morgan fingerprint density at radius 2 is 2.08 bits per heavy atom. The predicted molar refractivity (Wildman–Crippen MR) is 135 cm³/mol. The van der Waals surface area contributed by atoms with Crippen molar-refractivity contribution in [1.29, 1.82) is 0 Å². The average molecular weight is 525 g/mol. The molecule has 0 saturated carbocycles. The molecule has 0 radical (unpaired) electrons. The van der Waals surface area contributed by atoms with E-state index in [1.54, 1.807) is 25.1 Å². The number of carbonyl (C=O) groups excluding carboxylic acids is 3. The quantitative estimate of drug-likeness (QED) is 0.314. The molecule has 2 amide bonds. The molecular formula is C25H37ClN4O6. The van der Waals surface area contributed by atoms with Crippen molar-refractivity contribution in [3.8, 4) is 0 Å². The van der Waals surface area contributed by atoms with Gasteiger partial charge in [0.1, 0.15) is 6.04 Å². The molecule has 1 aromatic rings. The van der Waals surface area contributed by atoms with Gasteiger partial charge in [0.25, 0.3) is 5.91 Å². The fourth-order valence-corrected chi connectivity index (χ4v) is 4.41. The van der Waals surface area contributed by atoms with E-state index in [2.05, 4.69) is 10.6 Å². The first-order valence-corrected chi connectivity index (χ1v) is 12.7. The van der Waals surface area contributed by atoms with Gasteiger partial charge in [-0.15, -0.1) is 0 Å². The van der Waals surface area contributed by atoms with Gasteiger partial charge in [0.15, 0.2) is 0 Å². The van der Waals surface area contributed by atoms with E-state index in [1.807, 2.05) is 25.7 Å². The molecule has 10 nitrogen and oxygen atoms in total. The topological polar surface area (TPSA) is 132 Å². The first-order valence-electron chi connectivity index (χ1n) is 12.3. The van der Waals surface area contributed by atoms with Crippen LogP contribution in [0.25, 0.3) is 0 Å². The van der Waals surface area contributed by atoms with E-state index in [4.69, 9.17) is 31.5 Å². The van der Waals surface area contributed by atoms with Crippen LogP contribution in [-0.2, 0) is 23.8 Å². The summed E-state index contributed by atoms with van der Waals surface area (Å²) in [5, 5.41) is 6.26. The molecule has 1 aromatic carbocycles. The van der Waals surface area contributed by atoms with E-state index in [1.165, 1.54) is 0 Å². The molecule has 2 aliphatic rings. The van der Waals surface area contributed by atoms with Crippen molar-refractivity contribution in [1.82, 2.24) is 15.5 Å². The second-order valence-electron chi connectivity index (χ2n) is 10.2. The first-order chi connectivity index (χ1) is 17.0. The minimum absolute atomic E-state index is 0.0891. The summed E-state index contributed by atoms with van der Waals surface area (Å²) in [5.74, 6) is -0.831. The minimum Gasteiger partial charge on any atom is -0.433 e. The highest BCUT2D eigenvalue weighted by Gasteiger charge is 2.39. The molecule has 4 atom stereocenters. The zero-order chi connectivity index (χ0) is 26.5. The maximum atomic E-state index is 13.0. The smallest absolute Gasteiger partial charge is 0.310 e. The van der Waals surface area contributed by atoms with Crippen LogP contribution in [0.5, 0.6) is 0 Å². The molecule has 2 saturated heterocycles. The summed E-state index contributed by atoms with van der Waals surface area (Å²) in [6.07, 6.45) is 0.872. The van der Waals surface area contributed by atoms with Gasteiger partial charge in [-0.1, -0.05) is 32.4 Å². The lowest BCUT2D eigenvalue weighted by Crippen LogP contribution is -2.51. The van der Waals surface area contributed by atoms with E-state index in [0.29, 0.717) is 35.8 Å². The van der Waals surface area contributed by atoms with Gasteiger partial charge in [0, 0.05) is 18.7 Å². The lowest BCUT2D eigenvalue weighted by Gasteiger charge is -2.32. The second-order valence-corrected chi connectivity index (χ2v) is 10.6. The largest absolute Gasteiger partial charge is 0.433 e. The second kappa shape index (κ2) is 12.2. The third-order valence-electron chi connectivity index (χ3n) is 6.44. The zero-order valence-corrected chi connectivity index (χ0v) is 22.1. The van der Waals surface area contributed by atoms with E-state index in [0.717, 1.165) is 6.42 Å². The van der Waals surface area contributed by atoms with E-state index >= 15 is 0 Å². The molecule has 3 rings (SSSR count). The lowest BCUT2D eigenvalue weighted by molar-refractivity contribution is -0.164. The highest BCUT2D eigenvalue weighted by Crippen LogP contribution is 2.24. The maximum absolute atomic E-state index is 13.0. The van der Waals surface area contributed by atoms with Crippen molar-refractivity contribution in [3.63, 3.8) is 0 Å². The van der Waals surface area contributed by atoms with Crippen LogP contribution in [0.15, 0.2) is 18.2 Å². The molecule has 36 heavy (non-hydrogen) atoms. The Balaban J connectivity index is 1.54.